The molecule has 3 heteroatoms. The molecule has 1 fully saturated rings. The van der Waals surface area contributed by atoms with Crippen molar-refractivity contribution < 1.29 is 4.79 Å². The van der Waals surface area contributed by atoms with E-state index in [1.54, 1.807) is 0 Å². The van der Waals surface area contributed by atoms with Gasteiger partial charge in [0.15, 0.2) is 0 Å². The molecular formula is C14H24N2O. The molecule has 3 nitrogen and oxygen atoms in total. The third-order valence-corrected chi connectivity index (χ3v) is 3.49. The summed E-state index contributed by atoms with van der Waals surface area (Å²) >= 11 is 0. The zero-order valence-electron chi connectivity index (χ0n) is 10.7. The molecule has 0 aromatic carbocycles. The number of amides is 1. The number of hydrogen-bond acceptors (Lipinski definition) is 2. The van der Waals surface area contributed by atoms with Crippen molar-refractivity contribution in [2.45, 2.75) is 64.2 Å². The highest BCUT2D eigenvalue weighted by Crippen LogP contribution is 2.25. The maximum absolute atomic E-state index is 11.7. The standard InChI is InChI=1S/C14H24N2O/c15-10-6-3-7-11-16-14(17)12-13-8-4-1-2-5-9-13/h13H,1-9,11-12H2,(H,16,17). The maximum Gasteiger partial charge on any atom is 0.220 e. The summed E-state index contributed by atoms with van der Waals surface area (Å²) in [5, 5.41) is 11.3. The summed E-state index contributed by atoms with van der Waals surface area (Å²) in [7, 11) is 0. The minimum atomic E-state index is 0.203. The van der Waals surface area contributed by atoms with Gasteiger partial charge in [-0.2, -0.15) is 5.26 Å². The third-order valence-electron chi connectivity index (χ3n) is 3.49. The number of carbonyl (C=O) groups excluding carboxylic acids is 1. The Kier molecular flexibility index (Phi) is 7.46. The van der Waals surface area contributed by atoms with E-state index in [0.29, 0.717) is 18.8 Å². The van der Waals surface area contributed by atoms with Crippen LogP contribution in [0.2, 0.25) is 0 Å². The average molecular weight is 236 g/mol. The Morgan fingerprint density at radius 3 is 2.53 bits per heavy atom. The number of nitrogens with zero attached hydrogens (tertiary/aromatic N) is 1. The van der Waals surface area contributed by atoms with Crippen molar-refractivity contribution >= 4 is 5.91 Å². The van der Waals surface area contributed by atoms with E-state index in [-0.39, 0.29) is 5.91 Å². The zero-order valence-corrected chi connectivity index (χ0v) is 10.7. The molecule has 0 aliphatic heterocycles. The molecule has 1 N–H and O–H groups in total. The van der Waals surface area contributed by atoms with Crippen molar-refractivity contribution in [3.05, 3.63) is 0 Å². The summed E-state index contributed by atoms with van der Waals surface area (Å²) in [6.07, 6.45) is 10.8. The van der Waals surface area contributed by atoms with E-state index in [0.717, 1.165) is 19.4 Å². The summed E-state index contributed by atoms with van der Waals surface area (Å²) in [4.78, 5) is 11.7. The normalized spacial score (nSPS) is 17.1. The monoisotopic (exact) mass is 236 g/mol. The second kappa shape index (κ2) is 9.04. The molecule has 1 saturated carbocycles. The first-order chi connectivity index (χ1) is 8.33. The van der Waals surface area contributed by atoms with Crippen LogP contribution in [0.4, 0.5) is 0 Å². The van der Waals surface area contributed by atoms with E-state index in [9.17, 15) is 4.79 Å². The largest absolute Gasteiger partial charge is 0.356 e. The van der Waals surface area contributed by atoms with Gasteiger partial charge in [-0.25, -0.2) is 0 Å². The minimum absolute atomic E-state index is 0.203. The van der Waals surface area contributed by atoms with Crippen molar-refractivity contribution in [1.29, 1.82) is 5.26 Å². The van der Waals surface area contributed by atoms with Crippen molar-refractivity contribution in [2.75, 3.05) is 6.54 Å². The van der Waals surface area contributed by atoms with E-state index < -0.39 is 0 Å². The van der Waals surface area contributed by atoms with Crippen LogP contribution in [0.5, 0.6) is 0 Å². The van der Waals surface area contributed by atoms with Gasteiger partial charge >= 0.3 is 0 Å². The van der Waals surface area contributed by atoms with Gasteiger partial charge in [-0.15, -0.1) is 0 Å². The summed E-state index contributed by atoms with van der Waals surface area (Å²) in [5.41, 5.74) is 0. The molecule has 0 aromatic rings. The highest BCUT2D eigenvalue weighted by molar-refractivity contribution is 5.76. The molecule has 1 amide bonds. The zero-order chi connectivity index (χ0) is 12.3. The van der Waals surface area contributed by atoms with Crippen LogP contribution in [0.15, 0.2) is 0 Å². The molecule has 0 aromatic heterocycles. The molecular weight excluding hydrogens is 212 g/mol. The number of nitriles is 1. The predicted molar refractivity (Wildman–Crippen MR) is 68.3 cm³/mol. The number of unbranched alkanes of at least 4 members (excludes halogenated alkanes) is 2. The Balaban J connectivity index is 2.05. The van der Waals surface area contributed by atoms with Crippen LogP contribution in [-0.4, -0.2) is 12.5 Å². The molecule has 17 heavy (non-hydrogen) atoms. The molecule has 0 saturated heterocycles. The van der Waals surface area contributed by atoms with Crippen molar-refractivity contribution in [3.63, 3.8) is 0 Å². The lowest BCUT2D eigenvalue weighted by Crippen LogP contribution is -2.26. The summed E-state index contributed by atoms with van der Waals surface area (Å²) in [6.45, 7) is 0.729. The summed E-state index contributed by atoms with van der Waals surface area (Å²) in [5.74, 6) is 0.811. The highest BCUT2D eigenvalue weighted by atomic mass is 16.1. The Morgan fingerprint density at radius 1 is 1.18 bits per heavy atom. The molecule has 0 unspecified atom stereocenters. The van der Waals surface area contributed by atoms with Gasteiger partial charge < -0.3 is 5.32 Å². The van der Waals surface area contributed by atoms with Gasteiger partial charge in [-0.3, -0.25) is 4.79 Å². The smallest absolute Gasteiger partial charge is 0.220 e. The fourth-order valence-electron chi connectivity index (χ4n) is 2.46. The molecule has 0 atom stereocenters. The van der Waals surface area contributed by atoms with Crippen LogP contribution < -0.4 is 5.32 Å². The molecule has 1 aliphatic carbocycles. The van der Waals surface area contributed by atoms with E-state index >= 15 is 0 Å². The fraction of sp³-hybridized carbons (Fsp3) is 0.857. The van der Waals surface area contributed by atoms with Gasteiger partial charge in [0, 0.05) is 19.4 Å². The molecule has 0 heterocycles. The van der Waals surface area contributed by atoms with Gasteiger partial charge in [-0.1, -0.05) is 25.7 Å². The Bertz CT molecular complexity index is 249. The number of hydrogen-bond donors (Lipinski definition) is 1. The fourth-order valence-corrected chi connectivity index (χ4v) is 2.46. The topological polar surface area (TPSA) is 52.9 Å². The molecule has 0 spiro atoms. The van der Waals surface area contributed by atoms with E-state index in [4.69, 9.17) is 5.26 Å². The molecule has 96 valence electrons. The van der Waals surface area contributed by atoms with Crippen LogP contribution in [0.1, 0.15) is 64.2 Å². The van der Waals surface area contributed by atoms with E-state index in [1.807, 2.05) is 0 Å². The van der Waals surface area contributed by atoms with Crippen LogP contribution in [-0.2, 0) is 4.79 Å². The third kappa shape index (κ3) is 6.99. The first-order valence-corrected chi connectivity index (χ1v) is 6.96. The number of carbonyl (C=O) groups is 1. The number of rotatable bonds is 6. The van der Waals surface area contributed by atoms with Gasteiger partial charge in [0.05, 0.1) is 6.07 Å². The Morgan fingerprint density at radius 2 is 1.88 bits per heavy atom. The van der Waals surface area contributed by atoms with Gasteiger partial charge in [0.2, 0.25) is 5.91 Å². The Labute approximate surface area is 105 Å². The van der Waals surface area contributed by atoms with E-state index in [1.165, 1.54) is 38.5 Å². The molecule has 1 rings (SSSR count). The van der Waals surface area contributed by atoms with Crippen LogP contribution >= 0.6 is 0 Å². The van der Waals surface area contributed by atoms with Crippen molar-refractivity contribution in [2.24, 2.45) is 5.92 Å². The maximum atomic E-state index is 11.7. The summed E-state index contributed by atoms with van der Waals surface area (Å²) < 4.78 is 0. The van der Waals surface area contributed by atoms with Gasteiger partial charge in [-0.05, 0) is 31.6 Å². The lowest BCUT2D eigenvalue weighted by Gasteiger charge is -2.13. The van der Waals surface area contributed by atoms with Gasteiger partial charge in [0.25, 0.3) is 0 Å². The predicted octanol–water partition coefficient (Wildman–Crippen LogP) is 3.16. The second-order valence-electron chi connectivity index (χ2n) is 5.03. The van der Waals surface area contributed by atoms with Crippen LogP contribution in [0.25, 0.3) is 0 Å². The van der Waals surface area contributed by atoms with Crippen LogP contribution in [0.3, 0.4) is 0 Å². The molecule has 0 bridgehead atoms. The lowest BCUT2D eigenvalue weighted by atomic mass is 9.96. The van der Waals surface area contributed by atoms with E-state index in [2.05, 4.69) is 11.4 Å². The molecule has 1 aliphatic rings. The van der Waals surface area contributed by atoms with Gasteiger partial charge in [0.1, 0.15) is 0 Å². The summed E-state index contributed by atoms with van der Waals surface area (Å²) in [6, 6.07) is 2.12. The molecule has 0 radical (unpaired) electrons. The minimum Gasteiger partial charge on any atom is -0.356 e. The first kappa shape index (κ1) is 14.0. The average Bonchev–Trinajstić information content (AvgIpc) is 2.57. The first-order valence-electron chi connectivity index (χ1n) is 6.96. The second-order valence-corrected chi connectivity index (χ2v) is 5.03. The SMILES string of the molecule is N#CCCCCNC(=O)CC1CCCCCC1. The highest BCUT2D eigenvalue weighted by Gasteiger charge is 2.15. The number of nitrogens with one attached hydrogen (secondary N) is 1. The quantitative estimate of drug-likeness (QED) is 0.569. The van der Waals surface area contributed by atoms with Crippen molar-refractivity contribution in [1.82, 2.24) is 5.32 Å². The van der Waals surface area contributed by atoms with Crippen molar-refractivity contribution in [3.8, 4) is 6.07 Å². The Hall–Kier alpha value is -1.04. The lowest BCUT2D eigenvalue weighted by molar-refractivity contribution is -0.122. The van der Waals surface area contributed by atoms with Crippen LogP contribution in [0, 0.1) is 17.2 Å².